The average Bonchev–Trinajstić information content (AvgIpc) is 3.22. The minimum absolute atomic E-state index is 0.0248. The van der Waals surface area contributed by atoms with Gasteiger partial charge in [-0.3, -0.25) is 9.13 Å². The van der Waals surface area contributed by atoms with Crippen molar-refractivity contribution in [1.29, 1.82) is 0 Å². The number of nitrogens with one attached hydrogen (secondary N) is 1. The molecular formula is C20H22N8O2. The van der Waals surface area contributed by atoms with Crippen LogP contribution in [0.3, 0.4) is 0 Å². The summed E-state index contributed by atoms with van der Waals surface area (Å²) in [5.41, 5.74) is 3.92. The molecule has 1 saturated carbocycles. The quantitative estimate of drug-likeness (QED) is 0.556. The number of hydrogen-bond donors (Lipinski definition) is 1. The summed E-state index contributed by atoms with van der Waals surface area (Å²) in [7, 11) is 1.77. The van der Waals surface area contributed by atoms with Crippen molar-refractivity contribution < 1.29 is 4.74 Å². The highest BCUT2D eigenvalue weighted by molar-refractivity contribution is 5.73. The first kappa shape index (κ1) is 17.6. The molecule has 10 nitrogen and oxygen atoms in total. The molecular weight excluding hydrogens is 384 g/mol. The summed E-state index contributed by atoms with van der Waals surface area (Å²) in [4.78, 5) is 26.4. The van der Waals surface area contributed by atoms with Gasteiger partial charge < -0.3 is 10.1 Å². The van der Waals surface area contributed by atoms with Crippen LogP contribution in [0.2, 0.25) is 0 Å². The molecule has 1 aliphatic carbocycles. The van der Waals surface area contributed by atoms with E-state index in [1.807, 2.05) is 23.8 Å². The van der Waals surface area contributed by atoms with Gasteiger partial charge in [-0.1, -0.05) is 0 Å². The van der Waals surface area contributed by atoms with Crippen LogP contribution in [0.1, 0.15) is 37.3 Å². The Hall–Kier alpha value is -3.27. The van der Waals surface area contributed by atoms with Crippen molar-refractivity contribution in [2.75, 3.05) is 11.9 Å². The maximum absolute atomic E-state index is 13.0. The highest BCUT2D eigenvalue weighted by Gasteiger charge is 2.48. The Bertz CT molecular complexity index is 1350. The number of aromatic nitrogens is 7. The molecule has 1 atom stereocenters. The number of aryl methyl sites for hydroxylation is 2. The fourth-order valence-corrected chi connectivity index (χ4v) is 4.44. The molecule has 0 amide bonds. The normalized spacial score (nSPS) is 20.3. The third kappa shape index (κ3) is 2.63. The smallest absolute Gasteiger partial charge is 0.330 e. The molecule has 6 rings (SSSR count). The molecule has 4 aromatic heterocycles. The van der Waals surface area contributed by atoms with E-state index in [1.54, 1.807) is 22.3 Å². The SMILES string of the molecule is Cc1cc2ncnn2cc1Nc1ncc2c(n1)n([C@@H]1CCOC3(CC3)C1)c(=O)n2C. The van der Waals surface area contributed by atoms with Gasteiger partial charge in [-0.2, -0.15) is 10.1 Å². The van der Waals surface area contributed by atoms with Crippen molar-refractivity contribution in [3.8, 4) is 0 Å². The standard InChI is InChI=1S/C20H22N8O2/c1-12-7-16-22-11-23-27(16)10-14(12)24-18-21-9-15-17(25-18)28(19(29)26(15)2)13-3-6-30-20(8-13)4-5-20/h7,9-11,13H,3-6,8H2,1-2H3,(H,21,24,25)/t13-/m1/s1. The lowest BCUT2D eigenvalue weighted by Crippen LogP contribution is -2.34. The second-order valence-electron chi connectivity index (χ2n) is 8.35. The zero-order valence-corrected chi connectivity index (χ0v) is 16.9. The number of anilines is 2. The number of imidazole rings is 1. The summed E-state index contributed by atoms with van der Waals surface area (Å²) >= 11 is 0. The Morgan fingerprint density at radius 1 is 1.30 bits per heavy atom. The molecule has 1 N–H and O–H groups in total. The second-order valence-corrected chi connectivity index (χ2v) is 8.35. The Balaban J connectivity index is 1.42. The maximum atomic E-state index is 13.0. The van der Waals surface area contributed by atoms with E-state index in [1.165, 1.54) is 6.33 Å². The Morgan fingerprint density at radius 3 is 3.00 bits per heavy atom. The lowest BCUT2D eigenvalue weighted by molar-refractivity contribution is -0.0247. The molecule has 4 aromatic rings. The van der Waals surface area contributed by atoms with Crippen molar-refractivity contribution in [2.24, 2.45) is 7.05 Å². The predicted molar refractivity (Wildman–Crippen MR) is 110 cm³/mol. The first-order valence-corrected chi connectivity index (χ1v) is 10.2. The largest absolute Gasteiger partial charge is 0.375 e. The highest BCUT2D eigenvalue weighted by Crippen LogP contribution is 2.49. The fourth-order valence-electron chi connectivity index (χ4n) is 4.44. The molecule has 154 valence electrons. The van der Waals surface area contributed by atoms with Gasteiger partial charge in [-0.05, 0) is 44.2 Å². The number of rotatable bonds is 3. The molecule has 30 heavy (non-hydrogen) atoms. The van der Waals surface area contributed by atoms with Gasteiger partial charge >= 0.3 is 5.69 Å². The Kier molecular flexibility index (Phi) is 3.58. The summed E-state index contributed by atoms with van der Waals surface area (Å²) in [5.74, 6) is 0.442. The molecule has 0 unspecified atom stereocenters. The van der Waals surface area contributed by atoms with E-state index in [2.05, 4.69) is 20.4 Å². The Morgan fingerprint density at radius 2 is 2.17 bits per heavy atom. The minimum Gasteiger partial charge on any atom is -0.375 e. The average molecular weight is 406 g/mol. The van der Waals surface area contributed by atoms with Gasteiger partial charge in [0.25, 0.3) is 0 Å². The van der Waals surface area contributed by atoms with Crippen molar-refractivity contribution >= 4 is 28.4 Å². The maximum Gasteiger partial charge on any atom is 0.330 e. The summed E-state index contributed by atoms with van der Waals surface area (Å²) in [6.45, 7) is 2.67. The van der Waals surface area contributed by atoms with Crippen LogP contribution < -0.4 is 11.0 Å². The van der Waals surface area contributed by atoms with Crippen molar-refractivity contribution in [1.82, 2.24) is 33.7 Å². The van der Waals surface area contributed by atoms with Crippen LogP contribution >= 0.6 is 0 Å². The number of hydrogen-bond acceptors (Lipinski definition) is 7. The highest BCUT2D eigenvalue weighted by atomic mass is 16.5. The van der Waals surface area contributed by atoms with Crippen LogP contribution in [0, 0.1) is 6.92 Å². The summed E-state index contributed by atoms with van der Waals surface area (Å²) in [6.07, 6.45) is 8.92. The summed E-state index contributed by atoms with van der Waals surface area (Å²) < 4.78 is 11.1. The Labute approximate surface area is 171 Å². The molecule has 1 saturated heterocycles. The van der Waals surface area contributed by atoms with Gasteiger partial charge in [0.15, 0.2) is 11.3 Å². The third-order valence-electron chi connectivity index (χ3n) is 6.34. The van der Waals surface area contributed by atoms with Gasteiger partial charge in [-0.25, -0.2) is 19.3 Å². The zero-order valence-electron chi connectivity index (χ0n) is 16.9. The molecule has 1 aliphatic heterocycles. The van der Waals surface area contributed by atoms with Gasteiger partial charge in [0.05, 0.1) is 23.7 Å². The van der Waals surface area contributed by atoms with Crippen molar-refractivity contribution in [3.05, 3.63) is 40.8 Å². The monoisotopic (exact) mass is 406 g/mol. The second kappa shape index (κ2) is 6.11. The van der Waals surface area contributed by atoms with E-state index >= 15 is 0 Å². The first-order valence-electron chi connectivity index (χ1n) is 10.2. The topological polar surface area (TPSA) is 104 Å². The van der Waals surface area contributed by atoms with Crippen LogP contribution in [0.25, 0.3) is 16.8 Å². The van der Waals surface area contributed by atoms with E-state index in [0.29, 0.717) is 18.2 Å². The molecule has 10 heteroatoms. The van der Waals surface area contributed by atoms with Gasteiger partial charge in [0.1, 0.15) is 11.8 Å². The van der Waals surface area contributed by atoms with Crippen LogP contribution in [0.15, 0.2) is 29.6 Å². The minimum atomic E-state index is -0.0561. The molecule has 5 heterocycles. The van der Waals surface area contributed by atoms with Gasteiger partial charge in [0.2, 0.25) is 5.95 Å². The first-order chi connectivity index (χ1) is 14.5. The number of nitrogens with zero attached hydrogens (tertiary/aromatic N) is 7. The molecule has 2 fully saturated rings. The van der Waals surface area contributed by atoms with Crippen LogP contribution in [-0.2, 0) is 11.8 Å². The molecule has 0 aromatic carbocycles. The van der Waals surface area contributed by atoms with Crippen molar-refractivity contribution in [2.45, 2.75) is 44.2 Å². The zero-order chi connectivity index (χ0) is 20.5. The molecule has 0 radical (unpaired) electrons. The van der Waals surface area contributed by atoms with E-state index in [4.69, 9.17) is 9.72 Å². The van der Waals surface area contributed by atoms with Crippen LogP contribution in [0.5, 0.6) is 0 Å². The number of pyridine rings is 1. The third-order valence-corrected chi connectivity index (χ3v) is 6.34. The molecule has 0 bridgehead atoms. The molecule has 2 aliphatic rings. The van der Waals surface area contributed by atoms with Crippen LogP contribution in [0.4, 0.5) is 11.6 Å². The fraction of sp³-hybridized carbons (Fsp3) is 0.450. The van der Waals surface area contributed by atoms with Gasteiger partial charge in [-0.15, -0.1) is 0 Å². The lowest BCUT2D eigenvalue weighted by atomic mass is 10.0. The van der Waals surface area contributed by atoms with E-state index in [-0.39, 0.29) is 17.3 Å². The summed E-state index contributed by atoms with van der Waals surface area (Å²) in [6, 6.07) is 2.04. The molecule has 1 spiro atoms. The summed E-state index contributed by atoms with van der Waals surface area (Å²) in [5, 5.41) is 7.46. The predicted octanol–water partition coefficient (Wildman–Crippen LogP) is 2.11. The van der Waals surface area contributed by atoms with E-state index < -0.39 is 0 Å². The van der Waals surface area contributed by atoms with Crippen molar-refractivity contribution in [3.63, 3.8) is 0 Å². The van der Waals surface area contributed by atoms with Crippen LogP contribution in [-0.4, -0.2) is 45.9 Å². The lowest BCUT2D eigenvalue weighted by Gasteiger charge is -2.30. The van der Waals surface area contributed by atoms with Gasteiger partial charge in [0, 0.05) is 19.7 Å². The number of ether oxygens (including phenoxy) is 1. The van der Waals surface area contributed by atoms with E-state index in [0.717, 1.165) is 48.1 Å². The number of fused-ring (bicyclic) bond motifs is 2. The van der Waals surface area contributed by atoms with E-state index in [9.17, 15) is 4.79 Å².